The topological polar surface area (TPSA) is 32.7 Å². The van der Waals surface area contributed by atoms with Crippen molar-refractivity contribution in [3.8, 4) is 0 Å². The van der Waals surface area contributed by atoms with Crippen LogP contribution in [0.4, 0.5) is 5.69 Å². The SMILES string of the molecule is Cc1cc2c3c(c1)C(c1ccccc1)=NCC(=O)N3CC2. The number of hydrogen-bond acceptors (Lipinski definition) is 2. The molecule has 2 aliphatic heterocycles. The van der Waals surface area contributed by atoms with Gasteiger partial charge in [0, 0.05) is 17.7 Å². The molecule has 0 unspecified atom stereocenters. The fourth-order valence-corrected chi connectivity index (χ4v) is 3.30. The zero-order valence-corrected chi connectivity index (χ0v) is 12.0. The quantitative estimate of drug-likeness (QED) is 0.788. The van der Waals surface area contributed by atoms with Crippen LogP contribution in [0.5, 0.6) is 0 Å². The highest BCUT2D eigenvalue weighted by Crippen LogP contribution is 2.36. The van der Waals surface area contributed by atoms with Crippen molar-refractivity contribution in [2.24, 2.45) is 4.99 Å². The van der Waals surface area contributed by atoms with E-state index in [0.717, 1.165) is 35.5 Å². The van der Waals surface area contributed by atoms with Gasteiger partial charge in [0.2, 0.25) is 5.91 Å². The normalized spacial score (nSPS) is 16.5. The van der Waals surface area contributed by atoms with Crippen LogP contribution in [0.3, 0.4) is 0 Å². The summed E-state index contributed by atoms with van der Waals surface area (Å²) in [5.41, 5.74) is 6.68. The summed E-state index contributed by atoms with van der Waals surface area (Å²) in [5.74, 6) is 0.102. The molecule has 4 rings (SSSR count). The van der Waals surface area contributed by atoms with Crippen molar-refractivity contribution in [2.75, 3.05) is 18.0 Å². The molecule has 2 aliphatic rings. The van der Waals surface area contributed by atoms with Gasteiger partial charge in [0.25, 0.3) is 0 Å². The molecular formula is C18H16N2O. The summed E-state index contributed by atoms with van der Waals surface area (Å²) in [6.45, 7) is 3.12. The van der Waals surface area contributed by atoms with Crippen molar-refractivity contribution in [3.63, 3.8) is 0 Å². The van der Waals surface area contributed by atoms with E-state index in [1.807, 2.05) is 23.1 Å². The van der Waals surface area contributed by atoms with Crippen LogP contribution in [-0.2, 0) is 11.2 Å². The van der Waals surface area contributed by atoms with Crippen LogP contribution in [0.2, 0.25) is 0 Å². The van der Waals surface area contributed by atoms with Gasteiger partial charge in [0.1, 0.15) is 6.54 Å². The second-order valence-electron chi connectivity index (χ2n) is 5.65. The molecule has 0 aromatic heterocycles. The zero-order valence-electron chi connectivity index (χ0n) is 12.0. The molecule has 0 fully saturated rings. The summed E-state index contributed by atoms with van der Waals surface area (Å²) < 4.78 is 0. The molecule has 3 heteroatoms. The first-order valence-corrected chi connectivity index (χ1v) is 7.28. The molecular weight excluding hydrogens is 260 g/mol. The standard InChI is InChI=1S/C18H16N2O/c1-12-9-14-7-8-20-16(21)11-19-17(15(10-12)18(14)20)13-5-3-2-4-6-13/h2-6,9-10H,7-8,11H2,1H3. The predicted octanol–water partition coefficient (Wildman–Crippen LogP) is 2.74. The van der Waals surface area contributed by atoms with E-state index < -0.39 is 0 Å². The van der Waals surface area contributed by atoms with E-state index in [4.69, 9.17) is 0 Å². The van der Waals surface area contributed by atoms with Crippen molar-refractivity contribution in [3.05, 3.63) is 64.7 Å². The number of amides is 1. The lowest BCUT2D eigenvalue weighted by Crippen LogP contribution is -2.30. The van der Waals surface area contributed by atoms with Gasteiger partial charge >= 0.3 is 0 Å². The summed E-state index contributed by atoms with van der Waals surface area (Å²) in [6, 6.07) is 14.5. The molecule has 0 saturated carbocycles. The number of rotatable bonds is 1. The summed E-state index contributed by atoms with van der Waals surface area (Å²) in [5, 5.41) is 0. The van der Waals surface area contributed by atoms with Gasteiger partial charge in [-0.2, -0.15) is 0 Å². The highest BCUT2D eigenvalue weighted by Gasteiger charge is 2.31. The number of aryl methyl sites for hydroxylation is 1. The van der Waals surface area contributed by atoms with Gasteiger partial charge in [-0.1, -0.05) is 42.0 Å². The van der Waals surface area contributed by atoms with Crippen LogP contribution in [0.1, 0.15) is 22.3 Å². The summed E-state index contributed by atoms with van der Waals surface area (Å²) in [6.07, 6.45) is 0.942. The molecule has 0 aliphatic carbocycles. The summed E-state index contributed by atoms with van der Waals surface area (Å²) in [7, 11) is 0. The van der Waals surface area contributed by atoms with E-state index in [1.165, 1.54) is 11.1 Å². The minimum Gasteiger partial charge on any atom is -0.310 e. The van der Waals surface area contributed by atoms with Crippen molar-refractivity contribution in [1.29, 1.82) is 0 Å². The predicted molar refractivity (Wildman–Crippen MR) is 84.2 cm³/mol. The second-order valence-corrected chi connectivity index (χ2v) is 5.65. The molecule has 2 aromatic carbocycles. The lowest BCUT2D eigenvalue weighted by atomic mass is 9.96. The van der Waals surface area contributed by atoms with Gasteiger partial charge in [-0.3, -0.25) is 9.79 Å². The average molecular weight is 276 g/mol. The third kappa shape index (κ3) is 1.88. The van der Waals surface area contributed by atoms with Gasteiger partial charge in [0.15, 0.2) is 0 Å². The Morgan fingerprint density at radius 1 is 1.14 bits per heavy atom. The molecule has 0 radical (unpaired) electrons. The average Bonchev–Trinajstić information content (AvgIpc) is 2.85. The smallest absolute Gasteiger partial charge is 0.248 e. The summed E-state index contributed by atoms with van der Waals surface area (Å²) >= 11 is 0. The Kier molecular flexibility index (Phi) is 2.67. The van der Waals surface area contributed by atoms with Gasteiger partial charge in [-0.25, -0.2) is 0 Å². The maximum Gasteiger partial charge on any atom is 0.248 e. The fraction of sp³-hybridized carbons (Fsp3) is 0.222. The first kappa shape index (κ1) is 12.3. The fourth-order valence-electron chi connectivity index (χ4n) is 3.30. The Bertz CT molecular complexity index is 762. The lowest BCUT2D eigenvalue weighted by molar-refractivity contribution is -0.117. The van der Waals surface area contributed by atoms with Crippen molar-refractivity contribution in [2.45, 2.75) is 13.3 Å². The van der Waals surface area contributed by atoms with Crippen LogP contribution >= 0.6 is 0 Å². The van der Waals surface area contributed by atoms with Crippen LogP contribution in [0.25, 0.3) is 0 Å². The molecule has 0 saturated heterocycles. The molecule has 2 heterocycles. The highest BCUT2D eigenvalue weighted by atomic mass is 16.2. The number of carbonyl (C=O) groups excluding carboxylic acids is 1. The summed E-state index contributed by atoms with van der Waals surface area (Å²) in [4.78, 5) is 18.8. The van der Waals surface area contributed by atoms with Gasteiger partial charge in [-0.05, 0) is 25.0 Å². The van der Waals surface area contributed by atoms with Crippen LogP contribution in [0, 0.1) is 6.92 Å². The maximum atomic E-state index is 12.3. The third-order valence-corrected chi connectivity index (χ3v) is 4.18. The molecule has 0 spiro atoms. The van der Waals surface area contributed by atoms with E-state index in [0.29, 0.717) is 0 Å². The molecule has 3 nitrogen and oxygen atoms in total. The minimum atomic E-state index is 0.102. The lowest BCUT2D eigenvalue weighted by Gasteiger charge is -2.18. The number of aliphatic imine (C=N–C) groups is 1. The Balaban J connectivity index is 1.99. The van der Waals surface area contributed by atoms with Gasteiger partial charge < -0.3 is 4.90 Å². The van der Waals surface area contributed by atoms with Crippen LogP contribution in [0.15, 0.2) is 47.5 Å². The molecule has 21 heavy (non-hydrogen) atoms. The monoisotopic (exact) mass is 276 g/mol. The zero-order chi connectivity index (χ0) is 14.4. The Morgan fingerprint density at radius 3 is 2.76 bits per heavy atom. The minimum absolute atomic E-state index is 0.102. The number of anilines is 1. The maximum absolute atomic E-state index is 12.3. The first-order chi connectivity index (χ1) is 10.2. The van der Waals surface area contributed by atoms with E-state index >= 15 is 0 Å². The molecule has 0 N–H and O–H groups in total. The van der Waals surface area contributed by atoms with Gasteiger partial charge in [-0.15, -0.1) is 0 Å². The number of hydrogen-bond donors (Lipinski definition) is 0. The Morgan fingerprint density at radius 2 is 1.95 bits per heavy atom. The van der Waals surface area contributed by atoms with Crippen LogP contribution in [-0.4, -0.2) is 24.7 Å². The van der Waals surface area contributed by atoms with E-state index in [1.54, 1.807) is 0 Å². The Labute approximate surface area is 123 Å². The van der Waals surface area contributed by atoms with Crippen molar-refractivity contribution >= 4 is 17.3 Å². The van der Waals surface area contributed by atoms with Crippen LogP contribution < -0.4 is 4.90 Å². The number of nitrogens with zero attached hydrogens (tertiary/aromatic N) is 2. The van der Waals surface area contributed by atoms with E-state index in [9.17, 15) is 4.79 Å². The second kappa shape index (κ2) is 4.55. The molecule has 0 atom stereocenters. The molecule has 1 amide bonds. The molecule has 2 aromatic rings. The molecule has 0 bridgehead atoms. The number of benzene rings is 2. The first-order valence-electron chi connectivity index (χ1n) is 7.28. The number of carbonyl (C=O) groups is 1. The third-order valence-electron chi connectivity index (χ3n) is 4.18. The van der Waals surface area contributed by atoms with Crippen molar-refractivity contribution in [1.82, 2.24) is 0 Å². The van der Waals surface area contributed by atoms with Crippen molar-refractivity contribution < 1.29 is 4.79 Å². The van der Waals surface area contributed by atoms with Gasteiger partial charge in [0.05, 0.1) is 11.4 Å². The highest BCUT2D eigenvalue weighted by molar-refractivity contribution is 6.20. The van der Waals surface area contributed by atoms with E-state index in [2.05, 4.69) is 36.2 Å². The van der Waals surface area contributed by atoms with E-state index in [-0.39, 0.29) is 12.5 Å². The Hall–Kier alpha value is -2.42. The molecule has 104 valence electrons. The largest absolute Gasteiger partial charge is 0.310 e.